The maximum Gasteiger partial charge on any atom is 0.119 e. The van der Waals surface area contributed by atoms with Gasteiger partial charge in [0.15, 0.2) is 0 Å². The molecule has 19 heavy (non-hydrogen) atoms. The van der Waals surface area contributed by atoms with Crippen molar-refractivity contribution < 1.29 is 4.74 Å². The lowest BCUT2D eigenvalue weighted by Crippen LogP contribution is -2.36. The summed E-state index contributed by atoms with van der Waals surface area (Å²) < 4.78 is 5.75. The molecule has 0 aliphatic carbocycles. The standard InChI is InChI=1S/C16H26ClNO/c1-5-13-12-14(8-9-15(13)17)19-11-7-6-10-18-16(2,3)4/h8-9,12,18H,5-7,10-11H2,1-4H3. The lowest BCUT2D eigenvalue weighted by molar-refractivity contribution is 0.301. The Bertz CT molecular complexity index is 385. The third-order valence-electron chi connectivity index (χ3n) is 2.89. The summed E-state index contributed by atoms with van der Waals surface area (Å²) in [6.45, 7) is 10.4. The molecule has 0 aliphatic rings. The van der Waals surface area contributed by atoms with Gasteiger partial charge in [0, 0.05) is 10.6 Å². The van der Waals surface area contributed by atoms with E-state index >= 15 is 0 Å². The molecule has 0 amide bonds. The number of rotatable bonds is 7. The van der Waals surface area contributed by atoms with E-state index in [2.05, 4.69) is 33.0 Å². The van der Waals surface area contributed by atoms with Gasteiger partial charge in [0.05, 0.1) is 6.61 Å². The molecule has 1 rings (SSSR count). The van der Waals surface area contributed by atoms with Gasteiger partial charge in [-0.25, -0.2) is 0 Å². The van der Waals surface area contributed by atoms with Crippen molar-refractivity contribution in [2.45, 2.75) is 52.5 Å². The van der Waals surface area contributed by atoms with Crippen LogP contribution < -0.4 is 10.1 Å². The third-order valence-corrected chi connectivity index (χ3v) is 3.26. The van der Waals surface area contributed by atoms with Crippen LogP contribution in [0.1, 0.15) is 46.1 Å². The number of nitrogens with one attached hydrogen (secondary N) is 1. The van der Waals surface area contributed by atoms with Crippen LogP contribution in [0.5, 0.6) is 5.75 Å². The van der Waals surface area contributed by atoms with Gasteiger partial charge in [-0.05, 0) is 70.3 Å². The summed E-state index contributed by atoms with van der Waals surface area (Å²) >= 11 is 6.08. The van der Waals surface area contributed by atoms with Crippen LogP contribution in [0.2, 0.25) is 5.02 Å². The topological polar surface area (TPSA) is 21.3 Å². The summed E-state index contributed by atoms with van der Waals surface area (Å²) in [5.41, 5.74) is 1.35. The van der Waals surface area contributed by atoms with E-state index in [0.29, 0.717) is 0 Å². The molecular formula is C16H26ClNO. The Labute approximate surface area is 122 Å². The number of benzene rings is 1. The van der Waals surface area contributed by atoms with Crippen LogP contribution in [0.3, 0.4) is 0 Å². The second kappa shape index (κ2) is 7.76. The molecule has 0 aliphatic heterocycles. The lowest BCUT2D eigenvalue weighted by Gasteiger charge is -2.20. The summed E-state index contributed by atoms with van der Waals surface area (Å²) in [5, 5.41) is 4.30. The van der Waals surface area contributed by atoms with Crippen molar-refractivity contribution in [2.75, 3.05) is 13.2 Å². The highest BCUT2D eigenvalue weighted by Gasteiger charge is 2.07. The third kappa shape index (κ3) is 6.84. The van der Waals surface area contributed by atoms with Gasteiger partial charge in [0.2, 0.25) is 0 Å². The number of hydrogen-bond donors (Lipinski definition) is 1. The first-order valence-corrected chi connectivity index (χ1v) is 7.46. The normalized spacial score (nSPS) is 11.6. The first-order chi connectivity index (χ1) is 8.92. The van der Waals surface area contributed by atoms with Crippen LogP contribution in [0.15, 0.2) is 18.2 Å². The summed E-state index contributed by atoms with van der Waals surface area (Å²) in [6, 6.07) is 5.89. The molecule has 0 bridgehead atoms. The van der Waals surface area contributed by atoms with E-state index in [1.807, 2.05) is 18.2 Å². The molecule has 108 valence electrons. The van der Waals surface area contributed by atoms with Gasteiger partial charge >= 0.3 is 0 Å². The average Bonchev–Trinajstić information content (AvgIpc) is 2.34. The SMILES string of the molecule is CCc1cc(OCCCCNC(C)(C)C)ccc1Cl. The minimum atomic E-state index is 0.201. The highest BCUT2D eigenvalue weighted by atomic mass is 35.5. The Kier molecular flexibility index (Phi) is 6.67. The van der Waals surface area contributed by atoms with Crippen molar-refractivity contribution in [1.29, 1.82) is 0 Å². The largest absolute Gasteiger partial charge is 0.494 e. The Morgan fingerprint density at radius 3 is 2.58 bits per heavy atom. The minimum Gasteiger partial charge on any atom is -0.494 e. The highest BCUT2D eigenvalue weighted by molar-refractivity contribution is 6.31. The number of hydrogen-bond acceptors (Lipinski definition) is 2. The van der Waals surface area contributed by atoms with Crippen LogP contribution >= 0.6 is 11.6 Å². The highest BCUT2D eigenvalue weighted by Crippen LogP contribution is 2.22. The van der Waals surface area contributed by atoms with Gasteiger partial charge in [-0.1, -0.05) is 18.5 Å². The predicted octanol–water partition coefficient (Wildman–Crippen LogP) is 4.45. The smallest absolute Gasteiger partial charge is 0.119 e. The van der Waals surface area contributed by atoms with E-state index in [-0.39, 0.29) is 5.54 Å². The first kappa shape index (κ1) is 16.3. The molecule has 0 heterocycles. The molecule has 1 N–H and O–H groups in total. The molecule has 0 atom stereocenters. The monoisotopic (exact) mass is 283 g/mol. The zero-order chi connectivity index (χ0) is 14.3. The summed E-state index contributed by atoms with van der Waals surface area (Å²) in [6.07, 6.45) is 3.13. The molecular weight excluding hydrogens is 258 g/mol. The zero-order valence-electron chi connectivity index (χ0n) is 12.6. The van der Waals surface area contributed by atoms with Crippen LogP contribution in [0.4, 0.5) is 0 Å². The molecule has 0 radical (unpaired) electrons. The number of halogens is 1. The van der Waals surface area contributed by atoms with Crippen LogP contribution in [-0.4, -0.2) is 18.7 Å². The second-order valence-corrected chi connectivity index (χ2v) is 6.25. The van der Waals surface area contributed by atoms with E-state index in [1.165, 1.54) is 0 Å². The Balaban J connectivity index is 2.23. The van der Waals surface area contributed by atoms with E-state index < -0.39 is 0 Å². The molecule has 0 spiro atoms. The van der Waals surface area contributed by atoms with Gasteiger partial charge in [0.25, 0.3) is 0 Å². The number of aryl methyl sites for hydroxylation is 1. The molecule has 0 unspecified atom stereocenters. The molecule has 0 fully saturated rings. The van der Waals surface area contributed by atoms with Crippen molar-refractivity contribution in [2.24, 2.45) is 0 Å². The fraction of sp³-hybridized carbons (Fsp3) is 0.625. The quantitative estimate of drug-likeness (QED) is 0.747. The molecule has 1 aromatic carbocycles. The van der Waals surface area contributed by atoms with E-state index in [4.69, 9.17) is 16.3 Å². The maximum absolute atomic E-state index is 6.08. The van der Waals surface area contributed by atoms with Crippen molar-refractivity contribution in [1.82, 2.24) is 5.32 Å². The predicted molar refractivity (Wildman–Crippen MR) is 83.3 cm³/mol. The zero-order valence-corrected chi connectivity index (χ0v) is 13.3. The summed E-state index contributed by atoms with van der Waals surface area (Å²) in [5.74, 6) is 0.921. The average molecular weight is 284 g/mol. The Morgan fingerprint density at radius 1 is 1.21 bits per heavy atom. The van der Waals surface area contributed by atoms with Gasteiger partial charge in [-0.3, -0.25) is 0 Å². The second-order valence-electron chi connectivity index (χ2n) is 5.84. The van der Waals surface area contributed by atoms with Gasteiger partial charge in [-0.2, -0.15) is 0 Å². The van der Waals surface area contributed by atoms with Crippen molar-refractivity contribution in [3.8, 4) is 5.75 Å². The van der Waals surface area contributed by atoms with Gasteiger partial charge in [-0.15, -0.1) is 0 Å². The minimum absolute atomic E-state index is 0.201. The van der Waals surface area contributed by atoms with Crippen molar-refractivity contribution in [3.05, 3.63) is 28.8 Å². The van der Waals surface area contributed by atoms with Crippen LogP contribution in [0.25, 0.3) is 0 Å². The fourth-order valence-electron chi connectivity index (χ4n) is 1.79. The van der Waals surface area contributed by atoms with Gasteiger partial charge in [0.1, 0.15) is 5.75 Å². The summed E-state index contributed by atoms with van der Waals surface area (Å²) in [4.78, 5) is 0. The molecule has 0 aromatic heterocycles. The molecule has 0 saturated heterocycles. The van der Waals surface area contributed by atoms with Crippen molar-refractivity contribution in [3.63, 3.8) is 0 Å². The molecule has 2 nitrogen and oxygen atoms in total. The Hall–Kier alpha value is -0.730. The molecule has 1 aromatic rings. The van der Waals surface area contributed by atoms with Crippen molar-refractivity contribution >= 4 is 11.6 Å². The van der Waals surface area contributed by atoms with Crippen LogP contribution in [0, 0.1) is 0 Å². The Morgan fingerprint density at radius 2 is 1.95 bits per heavy atom. The molecule has 0 saturated carbocycles. The lowest BCUT2D eigenvalue weighted by atomic mass is 10.1. The van der Waals surface area contributed by atoms with E-state index in [0.717, 1.165) is 48.7 Å². The number of unbranched alkanes of at least 4 members (excludes halogenated alkanes) is 1. The van der Waals surface area contributed by atoms with E-state index in [9.17, 15) is 0 Å². The van der Waals surface area contributed by atoms with E-state index in [1.54, 1.807) is 0 Å². The van der Waals surface area contributed by atoms with Gasteiger partial charge < -0.3 is 10.1 Å². The number of ether oxygens (including phenoxy) is 1. The molecule has 3 heteroatoms. The maximum atomic E-state index is 6.08. The van der Waals surface area contributed by atoms with Crippen LogP contribution in [-0.2, 0) is 6.42 Å². The summed E-state index contributed by atoms with van der Waals surface area (Å²) in [7, 11) is 0. The fourth-order valence-corrected chi connectivity index (χ4v) is 2.04. The first-order valence-electron chi connectivity index (χ1n) is 7.08.